The number of carbonyl (C=O) groups is 1. The van der Waals surface area contributed by atoms with E-state index in [9.17, 15) is 13.2 Å². The molecular weight excluding hydrogens is 352 g/mol. The Morgan fingerprint density at radius 1 is 1.19 bits per heavy atom. The van der Waals surface area contributed by atoms with Crippen molar-refractivity contribution < 1.29 is 13.2 Å². The van der Waals surface area contributed by atoms with Crippen molar-refractivity contribution >= 4 is 32.7 Å². The van der Waals surface area contributed by atoms with Gasteiger partial charge in [0.25, 0.3) is 5.91 Å². The number of amides is 1. The summed E-state index contributed by atoms with van der Waals surface area (Å²) in [4.78, 5) is 17.0. The van der Waals surface area contributed by atoms with E-state index in [0.29, 0.717) is 11.3 Å². The lowest BCUT2D eigenvalue weighted by atomic mass is 10.1. The summed E-state index contributed by atoms with van der Waals surface area (Å²) in [6, 6.07) is 12.6. The maximum atomic E-state index is 12.4. The number of anilines is 1. The third-order valence-electron chi connectivity index (χ3n) is 4.08. The lowest BCUT2D eigenvalue weighted by Gasteiger charge is -2.10. The van der Waals surface area contributed by atoms with E-state index >= 15 is 0 Å². The van der Waals surface area contributed by atoms with Gasteiger partial charge in [-0.15, -0.1) is 0 Å². The number of sulfonamides is 1. The summed E-state index contributed by atoms with van der Waals surface area (Å²) < 4.78 is 27.2. The Bertz CT molecular complexity index is 1090. The van der Waals surface area contributed by atoms with E-state index in [1.165, 1.54) is 6.07 Å². The van der Waals surface area contributed by atoms with Crippen LogP contribution in [0.3, 0.4) is 0 Å². The fraction of sp³-hybridized carbons (Fsp3) is 0.222. The molecule has 8 heteroatoms. The van der Waals surface area contributed by atoms with Gasteiger partial charge in [0.2, 0.25) is 10.0 Å². The number of para-hydroxylation sites is 2. The highest BCUT2D eigenvalue weighted by Gasteiger charge is 2.12. The van der Waals surface area contributed by atoms with Gasteiger partial charge in [-0.05, 0) is 36.8 Å². The number of imidazole rings is 1. The zero-order valence-corrected chi connectivity index (χ0v) is 15.6. The van der Waals surface area contributed by atoms with Crippen molar-refractivity contribution in [2.75, 3.05) is 11.0 Å². The van der Waals surface area contributed by atoms with Crippen molar-refractivity contribution in [2.24, 2.45) is 7.05 Å². The quantitative estimate of drug-likeness (QED) is 0.718. The second kappa shape index (κ2) is 6.80. The summed E-state index contributed by atoms with van der Waals surface area (Å²) in [5.41, 5.74) is 3.37. The minimum Gasteiger partial charge on any atom is -0.345 e. The molecule has 7 nitrogen and oxygen atoms in total. The Hall–Kier alpha value is -2.87. The number of hydrogen-bond acceptors (Lipinski definition) is 4. The third kappa shape index (κ3) is 3.85. The highest BCUT2D eigenvalue weighted by Crippen LogP contribution is 2.18. The molecule has 1 aromatic heterocycles. The molecule has 0 unspecified atom stereocenters. The van der Waals surface area contributed by atoms with Gasteiger partial charge in [0, 0.05) is 12.6 Å². The van der Waals surface area contributed by atoms with Gasteiger partial charge in [0.15, 0.2) is 0 Å². The molecule has 0 bridgehead atoms. The normalized spacial score (nSPS) is 11.5. The average Bonchev–Trinajstić information content (AvgIpc) is 2.90. The van der Waals surface area contributed by atoms with E-state index in [-0.39, 0.29) is 12.5 Å². The van der Waals surface area contributed by atoms with Crippen molar-refractivity contribution in [1.82, 2.24) is 14.9 Å². The standard InChI is InChI=1S/C18H20N4O3S/c1-12-8-9-13(10-15(12)21-26(3,24)25)18(23)19-11-17-20-14-6-4-5-7-16(14)22(17)2/h4-10,21H,11H2,1-3H3,(H,19,23). The minimum absolute atomic E-state index is 0.271. The molecule has 1 heterocycles. The molecule has 2 N–H and O–H groups in total. The molecule has 1 amide bonds. The smallest absolute Gasteiger partial charge is 0.251 e. The first-order chi connectivity index (χ1) is 12.2. The number of benzene rings is 2. The van der Waals surface area contributed by atoms with Crippen LogP contribution in [0, 0.1) is 6.92 Å². The van der Waals surface area contributed by atoms with Crippen LogP contribution in [-0.4, -0.2) is 30.1 Å². The van der Waals surface area contributed by atoms with Crippen LogP contribution in [0.25, 0.3) is 11.0 Å². The number of nitrogens with one attached hydrogen (secondary N) is 2. The zero-order chi connectivity index (χ0) is 18.9. The van der Waals surface area contributed by atoms with Gasteiger partial charge in [-0.25, -0.2) is 13.4 Å². The van der Waals surface area contributed by atoms with Gasteiger partial charge in [0.05, 0.1) is 29.5 Å². The van der Waals surface area contributed by atoms with E-state index in [4.69, 9.17) is 0 Å². The number of nitrogens with zero attached hydrogens (tertiary/aromatic N) is 2. The molecule has 0 aliphatic heterocycles. The first kappa shape index (κ1) is 17.9. The molecule has 0 saturated carbocycles. The van der Waals surface area contributed by atoms with E-state index in [0.717, 1.165) is 28.7 Å². The SMILES string of the molecule is Cc1ccc(C(=O)NCc2nc3ccccc3n2C)cc1NS(C)(=O)=O. The Balaban J connectivity index is 1.77. The van der Waals surface area contributed by atoms with Crippen molar-refractivity contribution in [1.29, 1.82) is 0 Å². The van der Waals surface area contributed by atoms with Crippen LogP contribution in [-0.2, 0) is 23.6 Å². The predicted molar refractivity (Wildman–Crippen MR) is 102 cm³/mol. The first-order valence-electron chi connectivity index (χ1n) is 8.01. The molecule has 3 rings (SSSR count). The zero-order valence-electron chi connectivity index (χ0n) is 14.8. The van der Waals surface area contributed by atoms with Gasteiger partial charge in [0.1, 0.15) is 5.82 Å². The van der Waals surface area contributed by atoms with Crippen molar-refractivity contribution in [3.8, 4) is 0 Å². The lowest BCUT2D eigenvalue weighted by molar-refractivity contribution is 0.0949. The van der Waals surface area contributed by atoms with Gasteiger partial charge in [-0.3, -0.25) is 9.52 Å². The second-order valence-corrected chi connectivity index (χ2v) is 7.91. The van der Waals surface area contributed by atoms with Crippen molar-refractivity contribution in [2.45, 2.75) is 13.5 Å². The molecule has 136 valence electrons. The van der Waals surface area contributed by atoms with E-state index in [1.54, 1.807) is 19.1 Å². The third-order valence-corrected chi connectivity index (χ3v) is 4.67. The molecule has 26 heavy (non-hydrogen) atoms. The number of carbonyl (C=O) groups excluding carboxylic acids is 1. The summed E-state index contributed by atoms with van der Waals surface area (Å²) in [7, 11) is -1.51. The van der Waals surface area contributed by atoms with E-state index in [1.807, 2.05) is 35.9 Å². The highest BCUT2D eigenvalue weighted by atomic mass is 32.2. The summed E-state index contributed by atoms with van der Waals surface area (Å²) in [5.74, 6) is 0.440. The largest absolute Gasteiger partial charge is 0.345 e. The number of aryl methyl sites for hydroxylation is 2. The highest BCUT2D eigenvalue weighted by molar-refractivity contribution is 7.92. The molecular formula is C18H20N4O3S. The number of rotatable bonds is 5. The maximum Gasteiger partial charge on any atom is 0.251 e. The molecule has 0 aliphatic rings. The van der Waals surface area contributed by atoms with Crippen LogP contribution in [0.2, 0.25) is 0 Å². The van der Waals surface area contributed by atoms with Gasteiger partial charge in [-0.2, -0.15) is 0 Å². The molecule has 0 fully saturated rings. The molecule has 0 radical (unpaired) electrons. The van der Waals surface area contributed by atoms with E-state index < -0.39 is 10.0 Å². The molecule has 0 aliphatic carbocycles. The molecule has 3 aromatic rings. The Morgan fingerprint density at radius 3 is 2.62 bits per heavy atom. The Morgan fingerprint density at radius 2 is 1.92 bits per heavy atom. The van der Waals surface area contributed by atoms with Crippen LogP contribution in [0.5, 0.6) is 0 Å². The summed E-state index contributed by atoms with van der Waals surface area (Å²) in [5, 5.41) is 2.83. The summed E-state index contributed by atoms with van der Waals surface area (Å²) in [6.45, 7) is 2.04. The number of fused-ring (bicyclic) bond motifs is 1. The molecule has 0 atom stereocenters. The summed E-state index contributed by atoms with van der Waals surface area (Å²) >= 11 is 0. The molecule has 0 saturated heterocycles. The number of hydrogen-bond donors (Lipinski definition) is 2. The Labute approximate surface area is 152 Å². The van der Waals surface area contributed by atoms with Gasteiger partial charge in [-0.1, -0.05) is 18.2 Å². The topological polar surface area (TPSA) is 93.1 Å². The van der Waals surface area contributed by atoms with Gasteiger partial charge < -0.3 is 9.88 Å². The fourth-order valence-corrected chi connectivity index (χ4v) is 3.31. The summed E-state index contributed by atoms with van der Waals surface area (Å²) in [6.07, 6.45) is 1.07. The van der Waals surface area contributed by atoms with Crippen molar-refractivity contribution in [3.63, 3.8) is 0 Å². The first-order valence-corrected chi connectivity index (χ1v) is 9.91. The monoisotopic (exact) mass is 372 g/mol. The molecule has 0 spiro atoms. The second-order valence-electron chi connectivity index (χ2n) is 6.16. The van der Waals surface area contributed by atoms with Crippen LogP contribution in [0.4, 0.5) is 5.69 Å². The average molecular weight is 372 g/mol. The lowest BCUT2D eigenvalue weighted by Crippen LogP contribution is -2.24. The fourth-order valence-electron chi connectivity index (χ4n) is 2.69. The predicted octanol–water partition coefficient (Wildman–Crippen LogP) is 2.18. The minimum atomic E-state index is -3.41. The van der Waals surface area contributed by atoms with Crippen LogP contribution < -0.4 is 10.0 Å². The van der Waals surface area contributed by atoms with Crippen LogP contribution in [0.15, 0.2) is 42.5 Å². The molecule has 2 aromatic carbocycles. The van der Waals surface area contributed by atoms with E-state index in [2.05, 4.69) is 15.0 Å². The van der Waals surface area contributed by atoms with Crippen molar-refractivity contribution in [3.05, 3.63) is 59.4 Å². The van der Waals surface area contributed by atoms with Gasteiger partial charge >= 0.3 is 0 Å². The van der Waals surface area contributed by atoms with Crippen LogP contribution in [0.1, 0.15) is 21.7 Å². The Kier molecular flexibility index (Phi) is 4.69. The maximum absolute atomic E-state index is 12.4. The number of aromatic nitrogens is 2. The van der Waals surface area contributed by atoms with Crippen LogP contribution >= 0.6 is 0 Å².